The molecule has 1 aliphatic carbocycles. The van der Waals surface area contributed by atoms with Gasteiger partial charge in [0, 0.05) is 11.3 Å². The average Bonchev–Trinajstić information content (AvgIpc) is 2.69. The molecule has 24 heavy (non-hydrogen) atoms. The van der Waals surface area contributed by atoms with Gasteiger partial charge in [-0.05, 0) is 63.6 Å². The number of benzene rings is 1. The van der Waals surface area contributed by atoms with Gasteiger partial charge in [-0.15, -0.1) is 0 Å². The molecule has 1 saturated carbocycles. The van der Waals surface area contributed by atoms with Gasteiger partial charge in [-0.3, -0.25) is 4.79 Å². The van der Waals surface area contributed by atoms with E-state index in [1.165, 1.54) is 0 Å². The van der Waals surface area contributed by atoms with Crippen molar-refractivity contribution in [3.63, 3.8) is 0 Å². The Balaban J connectivity index is 1.93. The summed E-state index contributed by atoms with van der Waals surface area (Å²) in [5.74, 6) is -0.544. The highest BCUT2D eigenvalue weighted by molar-refractivity contribution is 6.12. The lowest BCUT2D eigenvalue weighted by atomic mass is 9.84. The lowest BCUT2D eigenvalue weighted by Crippen LogP contribution is -2.37. The highest BCUT2D eigenvalue weighted by Crippen LogP contribution is 2.43. The number of esters is 1. The van der Waals surface area contributed by atoms with Crippen molar-refractivity contribution in [1.29, 1.82) is 0 Å². The van der Waals surface area contributed by atoms with Crippen molar-refractivity contribution >= 4 is 17.6 Å². The van der Waals surface area contributed by atoms with Crippen LogP contribution in [0.25, 0.3) is 0 Å². The van der Waals surface area contributed by atoms with Gasteiger partial charge in [-0.1, -0.05) is 25.0 Å². The second kappa shape index (κ2) is 6.42. The molecule has 0 radical (unpaired) electrons. The van der Waals surface area contributed by atoms with E-state index in [4.69, 9.17) is 4.74 Å². The van der Waals surface area contributed by atoms with Crippen LogP contribution in [0.2, 0.25) is 0 Å². The number of carbonyl (C=O) groups is 2. The van der Waals surface area contributed by atoms with Gasteiger partial charge in [0.15, 0.2) is 0 Å². The van der Waals surface area contributed by atoms with Gasteiger partial charge in [0.1, 0.15) is 5.60 Å². The van der Waals surface area contributed by atoms with Crippen LogP contribution in [-0.4, -0.2) is 17.5 Å². The molecule has 4 nitrogen and oxygen atoms in total. The third-order valence-corrected chi connectivity index (χ3v) is 5.42. The number of rotatable bonds is 2. The van der Waals surface area contributed by atoms with Crippen molar-refractivity contribution in [2.24, 2.45) is 0 Å². The summed E-state index contributed by atoms with van der Waals surface area (Å²) in [7, 11) is 0. The van der Waals surface area contributed by atoms with Crippen LogP contribution in [0, 0.1) is 13.8 Å². The predicted octanol–water partition coefficient (Wildman–Crippen LogP) is 4.21. The van der Waals surface area contributed by atoms with Gasteiger partial charge in [-0.2, -0.15) is 0 Å². The summed E-state index contributed by atoms with van der Waals surface area (Å²) >= 11 is 0. The fourth-order valence-corrected chi connectivity index (χ4v) is 3.85. The number of nitrogens with one attached hydrogen (secondary N) is 1. The van der Waals surface area contributed by atoms with Crippen LogP contribution in [0.4, 0.5) is 5.69 Å². The normalized spacial score (nSPS) is 20.0. The molecule has 2 aliphatic rings. The molecular formula is C20H25NO3. The highest BCUT2D eigenvalue weighted by Gasteiger charge is 2.49. The fraction of sp³-hybridized carbons (Fsp3) is 0.500. The van der Waals surface area contributed by atoms with Crippen molar-refractivity contribution in [3.8, 4) is 0 Å². The van der Waals surface area contributed by atoms with Gasteiger partial charge < -0.3 is 10.1 Å². The number of aryl methyl sites for hydroxylation is 1. The Morgan fingerprint density at radius 3 is 2.42 bits per heavy atom. The highest BCUT2D eigenvalue weighted by atomic mass is 16.6. The molecule has 1 spiro atoms. The molecule has 0 aromatic heterocycles. The summed E-state index contributed by atoms with van der Waals surface area (Å²) in [4.78, 5) is 25.2. The summed E-state index contributed by atoms with van der Waals surface area (Å²) in [6, 6.07) is 5.84. The van der Waals surface area contributed by atoms with E-state index in [0.29, 0.717) is 11.1 Å². The summed E-state index contributed by atoms with van der Waals surface area (Å²) in [5, 5.41) is 3.01. The number of hydrogen-bond acceptors (Lipinski definition) is 3. The Morgan fingerprint density at radius 1 is 1.08 bits per heavy atom. The lowest BCUT2D eigenvalue weighted by Gasteiger charge is -2.29. The monoisotopic (exact) mass is 327 g/mol. The number of hydrogen-bond donors (Lipinski definition) is 1. The topological polar surface area (TPSA) is 55.4 Å². The second-order valence-corrected chi connectivity index (χ2v) is 7.00. The molecule has 1 amide bonds. The van der Waals surface area contributed by atoms with Crippen LogP contribution in [0.15, 0.2) is 29.3 Å². The Morgan fingerprint density at radius 2 is 1.75 bits per heavy atom. The SMILES string of the molecule is CC1=C(C(=O)Nc2cccc(C)c2C)C2(CCCCCC2)OC1=O. The smallest absolute Gasteiger partial charge is 0.335 e. The molecule has 3 rings (SSSR count). The maximum Gasteiger partial charge on any atom is 0.335 e. The first-order valence-corrected chi connectivity index (χ1v) is 8.77. The minimum atomic E-state index is -0.723. The number of carbonyl (C=O) groups excluding carboxylic acids is 2. The largest absolute Gasteiger partial charge is 0.451 e. The zero-order valence-corrected chi connectivity index (χ0v) is 14.7. The third kappa shape index (κ3) is 2.85. The Hall–Kier alpha value is -2.10. The van der Waals surface area contributed by atoms with E-state index >= 15 is 0 Å². The van der Waals surface area contributed by atoms with E-state index in [-0.39, 0.29) is 11.9 Å². The zero-order valence-electron chi connectivity index (χ0n) is 14.7. The van der Waals surface area contributed by atoms with E-state index in [9.17, 15) is 9.59 Å². The molecule has 1 fully saturated rings. The average molecular weight is 327 g/mol. The summed E-state index contributed by atoms with van der Waals surface area (Å²) in [6.45, 7) is 5.72. The van der Waals surface area contributed by atoms with E-state index in [2.05, 4.69) is 5.32 Å². The molecular weight excluding hydrogens is 302 g/mol. The minimum Gasteiger partial charge on any atom is -0.451 e. The molecule has 1 aromatic rings. The molecule has 4 heteroatoms. The summed E-state index contributed by atoms with van der Waals surface area (Å²) in [5.41, 5.74) is 3.24. The number of anilines is 1. The molecule has 128 valence electrons. The maximum atomic E-state index is 13.0. The van der Waals surface area contributed by atoms with E-state index in [0.717, 1.165) is 55.3 Å². The molecule has 0 saturated heterocycles. The molecule has 1 aliphatic heterocycles. The third-order valence-electron chi connectivity index (χ3n) is 5.42. The molecule has 1 aromatic carbocycles. The van der Waals surface area contributed by atoms with Crippen LogP contribution in [0.1, 0.15) is 56.6 Å². The van der Waals surface area contributed by atoms with Gasteiger partial charge in [0.05, 0.1) is 5.57 Å². The van der Waals surface area contributed by atoms with Crippen molar-refractivity contribution in [2.75, 3.05) is 5.32 Å². The molecule has 0 bridgehead atoms. The molecule has 0 atom stereocenters. The van der Waals surface area contributed by atoms with Crippen LogP contribution in [0.3, 0.4) is 0 Å². The molecule has 0 unspecified atom stereocenters. The first-order chi connectivity index (χ1) is 11.4. The molecule has 1 N–H and O–H groups in total. The Bertz CT molecular complexity index is 710. The van der Waals surface area contributed by atoms with Crippen molar-refractivity contribution in [2.45, 2.75) is 64.9 Å². The maximum absolute atomic E-state index is 13.0. The predicted molar refractivity (Wildman–Crippen MR) is 93.8 cm³/mol. The van der Waals surface area contributed by atoms with Crippen LogP contribution in [-0.2, 0) is 14.3 Å². The van der Waals surface area contributed by atoms with Crippen molar-refractivity contribution in [1.82, 2.24) is 0 Å². The van der Waals surface area contributed by atoms with Gasteiger partial charge in [-0.25, -0.2) is 4.79 Å². The van der Waals surface area contributed by atoms with Crippen LogP contribution in [0.5, 0.6) is 0 Å². The van der Waals surface area contributed by atoms with Crippen molar-refractivity contribution < 1.29 is 14.3 Å². The van der Waals surface area contributed by atoms with Gasteiger partial charge in [0.2, 0.25) is 0 Å². The Kier molecular flexibility index (Phi) is 4.48. The zero-order chi connectivity index (χ0) is 17.3. The second-order valence-electron chi connectivity index (χ2n) is 7.00. The minimum absolute atomic E-state index is 0.200. The van der Waals surface area contributed by atoms with Gasteiger partial charge in [0.25, 0.3) is 5.91 Å². The molecule has 1 heterocycles. The fourth-order valence-electron chi connectivity index (χ4n) is 3.85. The first-order valence-electron chi connectivity index (χ1n) is 8.77. The van der Waals surface area contributed by atoms with Gasteiger partial charge >= 0.3 is 5.97 Å². The Labute approximate surface area is 143 Å². The number of ether oxygens (including phenoxy) is 1. The quantitative estimate of drug-likeness (QED) is 0.828. The lowest BCUT2D eigenvalue weighted by molar-refractivity contribution is -0.148. The summed E-state index contributed by atoms with van der Waals surface area (Å²) in [6.07, 6.45) is 5.72. The standard InChI is InChI=1S/C20H25NO3/c1-13-9-8-10-16(14(13)2)21-18(22)17-15(3)19(23)24-20(17)11-6-4-5-7-12-20/h8-10H,4-7,11-12H2,1-3H3,(H,21,22). The van der Waals surface area contributed by atoms with Crippen LogP contribution < -0.4 is 5.32 Å². The van der Waals surface area contributed by atoms with E-state index in [1.807, 2.05) is 32.0 Å². The van der Waals surface area contributed by atoms with Crippen molar-refractivity contribution in [3.05, 3.63) is 40.5 Å². The first kappa shape index (κ1) is 16.7. The summed E-state index contributed by atoms with van der Waals surface area (Å²) < 4.78 is 5.73. The van der Waals surface area contributed by atoms with Crippen LogP contribution >= 0.6 is 0 Å². The number of amides is 1. The van der Waals surface area contributed by atoms with E-state index in [1.54, 1.807) is 6.92 Å². The van der Waals surface area contributed by atoms with E-state index < -0.39 is 5.60 Å².